The van der Waals surface area contributed by atoms with E-state index in [0.717, 1.165) is 24.8 Å². The van der Waals surface area contributed by atoms with Gasteiger partial charge in [0.25, 0.3) is 5.91 Å². The molecule has 0 saturated carbocycles. The lowest BCUT2D eigenvalue weighted by Crippen LogP contribution is -2.15. The van der Waals surface area contributed by atoms with Gasteiger partial charge in [0.1, 0.15) is 6.54 Å². The van der Waals surface area contributed by atoms with Gasteiger partial charge in [-0.05, 0) is 36.5 Å². The average molecular weight is 285 g/mol. The lowest BCUT2D eigenvalue weighted by Gasteiger charge is -2.07. The van der Waals surface area contributed by atoms with Crippen LogP contribution in [-0.4, -0.2) is 26.8 Å². The first-order valence-corrected chi connectivity index (χ1v) is 6.81. The molecule has 0 saturated heterocycles. The number of hydrogen-bond donors (Lipinski definition) is 2. The highest BCUT2D eigenvalue weighted by atomic mass is 16.4. The second kappa shape index (κ2) is 5.40. The van der Waals surface area contributed by atoms with Crippen molar-refractivity contribution < 1.29 is 14.7 Å². The van der Waals surface area contributed by atoms with Crippen molar-refractivity contribution >= 4 is 17.7 Å². The molecule has 3 rings (SSSR count). The number of carboxylic acids is 1. The van der Waals surface area contributed by atoms with E-state index in [9.17, 15) is 9.59 Å². The topological polar surface area (TPSA) is 84.2 Å². The zero-order valence-corrected chi connectivity index (χ0v) is 11.4. The molecule has 1 amide bonds. The van der Waals surface area contributed by atoms with Crippen LogP contribution < -0.4 is 5.32 Å². The van der Waals surface area contributed by atoms with Gasteiger partial charge in [-0.2, -0.15) is 5.10 Å². The number of hydrogen-bond acceptors (Lipinski definition) is 3. The zero-order chi connectivity index (χ0) is 14.8. The van der Waals surface area contributed by atoms with Crippen molar-refractivity contribution in [3.63, 3.8) is 0 Å². The Hall–Kier alpha value is -2.63. The standard InChI is InChI=1S/C15H15N3O3/c19-14(20)9-18-8-7-13(17-18)16-15(21)12-6-2-4-10-3-1-5-11(10)12/h2,4,6-8H,1,3,5,9H2,(H,19,20)(H,16,17,21). The maximum absolute atomic E-state index is 12.3. The van der Waals surface area contributed by atoms with E-state index in [1.807, 2.05) is 12.1 Å². The molecule has 0 unspecified atom stereocenters. The second-order valence-electron chi connectivity index (χ2n) is 5.04. The van der Waals surface area contributed by atoms with Gasteiger partial charge in [-0.3, -0.25) is 14.3 Å². The summed E-state index contributed by atoms with van der Waals surface area (Å²) in [6.07, 6.45) is 4.54. The molecule has 0 bridgehead atoms. The third-order valence-electron chi connectivity index (χ3n) is 3.57. The molecule has 0 spiro atoms. The van der Waals surface area contributed by atoms with Gasteiger partial charge in [-0.1, -0.05) is 12.1 Å². The van der Waals surface area contributed by atoms with E-state index in [1.54, 1.807) is 6.07 Å². The molecule has 1 aliphatic rings. The summed E-state index contributed by atoms with van der Waals surface area (Å²) in [5.74, 6) is -0.817. The number of fused-ring (bicyclic) bond motifs is 1. The average Bonchev–Trinajstić information content (AvgIpc) is 3.06. The fourth-order valence-electron chi connectivity index (χ4n) is 2.67. The number of aromatic nitrogens is 2. The Balaban J connectivity index is 1.76. The molecule has 21 heavy (non-hydrogen) atoms. The number of benzene rings is 1. The fourth-order valence-corrected chi connectivity index (χ4v) is 2.67. The summed E-state index contributed by atoms with van der Waals surface area (Å²) >= 11 is 0. The van der Waals surface area contributed by atoms with E-state index in [0.29, 0.717) is 11.4 Å². The van der Waals surface area contributed by atoms with E-state index < -0.39 is 5.97 Å². The van der Waals surface area contributed by atoms with E-state index >= 15 is 0 Å². The molecule has 0 aliphatic heterocycles. The molecule has 0 fully saturated rings. The number of anilines is 1. The molecule has 1 aromatic heterocycles. The van der Waals surface area contributed by atoms with Gasteiger partial charge in [-0.15, -0.1) is 0 Å². The van der Waals surface area contributed by atoms with Crippen LogP contribution in [0, 0.1) is 0 Å². The van der Waals surface area contributed by atoms with Crippen molar-refractivity contribution in [2.75, 3.05) is 5.32 Å². The van der Waals surface area contributed by atoms with Crippen LogP contribution in [-0.2, 0) is 24.2 Å². The summed E-state index contributed by atoms with van der Waals surface area (Å²) in [7, 11) is 0. The Morgan fingerprint density at radius 1 is 1.29 bits per heavy atom. The van der Waals surface area contributed by atoms with E-state index in [2.05, 4.69) is 16.5 Å². The highest BCUT2D eigenvalue weighted by molar-refractivity contribution is 6.05. The van der Waals surface area contributed by atoms with Crippen molar-refractivity contribution in [2.24, 2.45) is 0 Å². The summed E-state index contributed by atoms with van der Waals surface area (Å²) in [5.41, 5.74) is 3.02. The molecule has 0 radical (unpaired) electrons. The molecule has 6 nitrogen and oxygen atoms in total. The highest BCUT2D eigenvalue weighted by Gasteiger charge is 2.19. The predicted molar refractivity (Wildman–Crippen MR) is 76.3 cm³/mol. The molecule has 2 aromatic rings. The molecule has 1 aliphatic carbocycles. The zero-order valence-electron chi connectivity index (χ0n) is 11.4. The number of amides is 1. The number of rotatable bonds is 4. The van der Waals surface area contributed by atoms with Crippen molar-refractivity contribution in [1.82, 2.24) is 9.78 Å². The number of carbonyl (C=O) groups is 2. The monoisotopic (exact) mass is 285 g/mol. The molecule has 0 atom stereocenters. The highest BCUT2D eigenvalue weighted by Crippen LogP contribution is 2.25. The smallest absolute Gasteiger partial charge is 0.325 e. The Bertz CT molecular complexity index is 706. The SMILES string of the molecule is O=C(O)Cn1ccc(NC(=O)c2cccc3c2CCC3)n1. The third-order valence-corrected chi connectivity index (χ3v) is 3.57. The molecule has 1 aromatic carbocycles. The van der Waals surface area contributed by atoms with Crippen LogP contribution in [0.2, 0.25) is 0 Å². The largest absolute Gasteiger partial charge is 0.480 e. The van der Waals surface area contributed by atoms with Crippen LogP contribution >= 0.6 is 0 Å². The first kappa shape index (κ1) is 13.4. The first-order valence-electron chi connectivity index (χ1n) is 6.81. The molecule has 2 N–H and O–H groups in total. The summed E-state index contributed by atoms with van der Waals surface area (Å²) in [5, 5.41) is 15.4. The van der Waals surface area contributed by atoms with Gasteiger partial charge in [-0.25, -0.2) is 0 Å². The minimum atomic E-state index is -0.975. The third kappa shape index (κ3) is 2.79. The summed E-state index contributed by atoms with van der Waals surface area (Å²) in [6, 6.07) is 7.35. The number of aryl methyl sites for hydroxylation is 1. The van der Waals surface area contributed by atoms with Crippen LogP contribution in [0.3, 0.4) is 0 Å². The van der Waals surface area contributed by atoms with Crippen LogP contribution in [0.4, 0.5) is 5.82 Å². The number of aliphatic carboxylic acids is 1. The molecular weight excluding hydrogens is 270 g/mol. The van der Waals surface area contributed by atoms with Crippen molar-refractivity contribution in [2.45, 2.75) is 25.8 Å². The predicted octanol–water partition coefficient (Wildman–Crippen LogP) is 1.71. The second-order valence-corrected chi connectivity index (χ2v) is 5.04. The first-order chi connectivity index (χ1) is 10.1. The number of nitrogens with zero attached hydrogens (tertiary/aromatic N) is 2. The molecular formula is C15H15N3O3. The van der Waals surface area contributed by atoms with Gasteiger partial charge in [0, 0.05) is 17.8 Å². The van der Waals surface area contributed by atoms with Crippen molar-refractivity contribution in [1.29, 1.82) is 0 Å². The lowest BCUT2D eigenvalue weighted by molar-refractivity contribution is -0.137. The van der Waals surface area contributed by atoms with Gasteiger partial charge < -0.3 is 10.4 Å². The maximum Gasteiger partial charge on any atom is 0.325 e. The van der Waals surface area contributed by atoms with E-state index in [4.69, 9.17) is 5.11 Å². The number of carboxylic acid groups (broad SMARTS) is 1. The van der Waals surface area contributed by atoms with Crippen LogP contribution in [0.5, 0.6) is 0 Å². The lowest BCUT2D eigenvalue weighted by atomic mass is 10.0. The van der Waals surface area contributed by atoms with Gasteiger partial charge in [0.15, 0.2) is 5.82 Å². The van der Waals surface area contributed by atoms with Gasteiger partial charge >= 0.3 is 5.97 Å². The van der Waals surface area contributed by atoms with Gasteiger partial charge in [0.2, 0.25) is 0 Å². The Labute approximate surface area is 121 Å². The van der Waals surface area contributed by atoms with Crippen molar-refractivity contribution in [3.05, 3.63) is 47.2 Å². The summed E-state index contributed by atoms with van der Waals surface area (Å²) in [6.45, 7) is -0.226. The minimum absolute atomic E-state index is 0.200. The molecule has 6 heteroatoms. The van der Waals surface area contributed by atoms with Crippen LogP contribution in [0.1, 0.15) is 27.9 Å². The maximum atomic E-state index is 12.3. The number of nitrogens with one attached hydrogen (secondary N) is 1. The minimum Gasteiger partial charge on any atom is -0.480 e. The van der Waals surface area contributed by atoms with Crippen LogP contribution in [0.25, 0.3) is 0 Å². The molecule has 108 valence electrons. The van der Waals surface area contributed by atoms with Crippen LogP contribution in [0.15, 0.2) is 30.5 Å². The molecule has 1 heterocycles. The van der Waals surface area contributed by atoms with Crippen molar-refractivity contribution in [3.8, 4) is 0 Å². The fraction of sp³-hybridized carbons (Fsp3) is 0.267. The summed E-state index contributed by atoms with van der Waals surface area (Å²) in [4.78, 5) is 22.9. The Kier molecular flexibility index (Phi) is 3.43. The van der Waals surface area contributed by atoms with E-state index in [-0.39, 0.29) is 12.5 Å². The van der Waals surface area contributed by atoms with E-state index in [1.165, 1.54) is 16.4 Å². The Morgan fingerprint density at radius 2 is 2.14 bits per heavy atom. The number of carbonyl (C=O) groups excluding carboxylic acids is 1. The summed E-state index contributed by atoms with van der Waals surface area (Å²) < 4.78 is 1.27. The quantitative estimate of drug-likeness (QED) is 0.895. The Morgan fingerprint density at radius 3 is 2.95 bits per heavy atom. The van der Waals surface area contributed by atoms with Gasteiger partial charge in [0.05, 0.1) is 0 Å². The normalized spacial score (nSPS) is 13.0.